The summed E-state index contributed by atoms with van der Waals surface area (Å²) >= 11 is 0. The van der Waals surface area contributed by atoms with Crippen LogP contribution in [0.3, 0.4) is 0 Å². The van der Waals surface area contributed by atoms with Crippen molar-refractivity contribution in [2.75, 3.05) is 6.61 Å². The van der Waals surface area contributed by atoms with Crippen molar-refractivity contribution >= 4 is 22.8 Å². The number of nitrogens with zero attached hydrogens (tertiary/aromatic N) is 1. The standard InChI is InChI=1S/C22H23N3O5/c1-15(11-12-16-7-3-2-4-8-16)23-19(26)14-30-20(27)13-25-18-10-6-5-9-17(18)21(28)24-22(25)29/h2-10,15H,11-14H2,1H3,(H,23,26)(H,24,28,29). The highest BCUT2D eigenvalue weighted by Crippen LogP contribution is 2.07. The number of hydrogen-bond acceptors (Lipinski definition) is 5. The summed E-state index contributed by atoms with van der Waals surface area (Å²) in [5, 5.41) is 3.07. The molecule has 3 rings (SSSR count). The Balaban J connectivity index is 1.51. The van der Waals surface area contributed by atoms with Gasteiger partial charge in [0.1, 0.15) is 6.54 Å². The number of benzene rings is 2. The number of aryl methyl sites for hydroxylation is 1. The number of rotatable bonds is 8. The van der Waals surface area contributed by atoms with Crippen LogP contribution in [0.25, 0.3) is 10.9 Å². The molecule has 0 bridgehead atoms. The Morgan fingerprint density at radius 1 is 1.07 bits per heavy atom. The van der Waals surface area contributed by atoms with Crippen molar-refractivity contribution in [2.45, 2.75) is 32.4 Å². The summed E-state index contributed by atoms with van der Waals surface area (Å²) in [5.74, 6) is -1.16. The smallest absolute Gasteiger partial charge is 0.329 e. The molecule has 1 heterocycles. The Hall–Kier alpha value is -3.68. The molecule has 1 amide bonds. The molecule has 30 heavy (non-hydrogen) atoms. The number of aromatic amines is 1. The number of hydrogen-bond donors (Lipinski definition) is 2. The van der Waals surface area contributed by atoms with E-state index in [-0.39, 0.29) is 11.4 Å². The first-order valence-electron chi connectivity index (χ1n) is 9.65. The van der Waals surface area contributed by atoms with Crippen LogP contribution in [0.15, 0.2) is 64.2 Å². The van der Waals surface area contributed by atoms with Crippen LogP contribution in [0.1, 0.15) is 18.9 Å². The number of esters is 1. The highest BCUT2D eigenvalue weighted by molar-refractivity contribution is 5.82. The van der Waals surface area contributed by atoms with Gasteiger partial charge in [0.25, 0.3) is 11.5 Å². The molecule has 1 unspecified atom stereocenters. The summed E-state index contributed by atoms with van der Waals surface area (Å²) in [4.78, 5) is 50.3. The van der Waals surface area contributed by atoms with E-state index < -0.39 is 36.3 Å². The zero-order valence-corrected chi connectivity index (χ0v) is 16.6. The molecule has 0 saturated carbocycles. The minimum atomic E-state index is -0.749. The second-order valence-electron chi connectivity index (χ2n) is 7.02. The van der Waals surface area contributed by atoms with Gasteiger partial charge in [-0.25, -0.2) is 4.79 Å². The number of carbonyl (C=O) groups excluding carboxylic acids is 2. The molecule has 0 radical (unpaired) electrons. The van der Waals surface area contributed by atoms with Gasteiger partial charge in [0.2, 0.25) is 0 Å². The molecular formula is C22H23N3O5. The maximum atomic E-state index is 12.1. The van der Waals surface area contributed by atoms with Gasteiger partial charge in [-0.15, -0.1) is 0 Å². The molecule has 3 aromatic rings. The summed E-state index contributed by atoms with van der Waals surface area (Å²) in [6.45, 7) is 1.03. The third-order valence-corrected chi connectivity index (χ3v) is 4.67. The summed E-state index contributed by atoms with van der Waals surface area (Å²) in [5.41, 5.74) is 0.268. The van der Waals surface area contributed by atoms with Crippen molar-refractivity contribution in [1.82, 2.24) is 14.9 Å². The topological polar surface area (TPSA) is 110 Å². The molecule has 0 aliphatic carbocycles. The first-order valence-corrected chi connectivity index (χ1v) is 9.65. The minimum Gasteiger partial charge on any atom is -0.454 e. The molecule has 2 N–H and O–H groups in total. The van der Waals surface area contributed by atoms with E-state index in [1.165, 1.54) is 5.56 Å². The zero-order valence-electron chi connectivity index (χ0n) is 16.6. The average Bonchev–Trinajstić information content (AvgIpc) is 2.74. The number of carbonyl (C=O) groups is 2. The number of para-hydroxylation sites is 1. The monoisotopic (exact) mass is 409 g/mol. The maximum Gasteiger partial charge on any atom is 0.329 e. The SMILES string of the molecule is CC(CCc1ccccc1)NC(=O)COC(=O)Cn1c(=O)[nH]c(=O)c2ccccc21. The predicted molar refractivity (Wildman–Crippen MR) is 112 cm³/mol. The Morgan fingerprint density at radius 2 is 1.77 bits per heavy atom. The molecule has 1 atom stereocenters. The molecule has 1 aromatic heterocycles. The van der Waals surface area contributed by atoms with Gasteiger partial charge in [0, 0.05) is 6.04 Å². The van der Waals surface area contributed by atoms with E-state index in [0.717, 1.165) is 17.4 Å². The Labute approximate surface area is 172 Å². The van der Waals surface area contributed by atoms with Crippen molar-refractivity contribution in [1.29, 1.82) is 0 Å². The quantitative estimate of drug-likeness (QED) is 0.546. The summed E-state index contributed by atoms with van der Waals surface area (Å²) in [6, 6.07) is 16.3. The normalized spacial score (nSPS) is 11.8. The number of nitrogens with one attached hydrogen (secondary N) is 2. The third kappa shape index (κ3) is 5.44. The van der Waals surface area contributed by atoms with Gasteiger partial charge >= 0.3 is 11.7 Å². The fourth-order valence-corrected chi connectivity index (χ4v) is 3.14. The summed E-state index contributed by atoms with van der Waals surface area (Å²) in [6.07, 6.45) is 1.58. The van der Waals surface area contributed by atoms with Gasteiger partial charge in [-0.1, -0.05) is 42.5 Å². The van der Waals surface area contributed by atoms with Crippen LogP contribution < -0.4 is 16.6 Å². The van der Waals surface area contributed by atoms with Crippen molar-refractivity contribution in [3.63, 3.8) is 0 Å². The van der Waals surface area contributed by atoms with Crippen molar-refractivity contribution in [3.05, 3.63) is 81.0 Å². The van der Waals surface area contributed by atoms with Crippen LogP contribution in [0, 0.1) is 0 Å². The molecule has 8 heteroatoms. The van der Waals surface area contributed by atoms with E-state index in [9.17, 15) is 19.2 Å². The number of aromatic nitrogens is 2. The lowest BCUT2D eigenvalue weighted by Gasteiger charge is -2.14. The van der Waals surface area contributed by atoms with Crippen LogP contribution in [0.5, 0.6) is 0 Å². The Morgan fingerprint density at radius 3 is 2.53 bits per heavy atom. The van der Waals surface area contributed by atoms with Gasteiger partial charge in [0.05, 0.1) is 10.9 Å². The third-order valence-electron chi connectivity index (χ3n) is 4.67. The van der Waals surface area contributed by atoms with Crippen LogP contribution in [0.4, 0.5) is 0 Å². The van der Waals surface area contributed by atoms with Crippen molar-refractivity contribution in [3.8, 4) is 0 Å². The van der Waals surface area contributed by atoms with Gasteiger partial charge in [0.15, 0.2) is 6.61 Å². The maximum absolute atomic E-state index is 12.1. The number of fused-ring (bicyclic) bond motifs is 1. The van der Waals surface area contributed by atoms with E-state index >= 15 is 0 Å². The molecule has 0 fully saturated rings. The molecule has 0 saturated heterocycles. The predicted octanol–water partition coefficient (Wildman–Crippen LogP) is 1.37. The number of amides is 1. The number of H-pyrrole nitrogens is 1. The Kier molecular flexibility index (Phi) is 6.79. The molecule has 0 aliphatic heterocycles. The second kappa shape index (κ2) is 9.69. The molecule has 2 aromatic carbocycles. The van der Waals surface area contributed by atoms with Crippen molar-refractivity contribution < 1.29 is 14.3 Å². The van der Waals surface area contributed by atoms with Gasteiger partial charge in [-0.3, -0.25) is 23.9 Å². The fourth-order valence-electron chi connectivity index (χ4n) is 3.14. The molecule has 0 aliphatic rings. The molecule has 8 nitrogen and oxygen atoms in total. The lowest BCUT2D eigenvalue weighted by atomic mass is 10.1. The molecule has 156 valence electrons. The van der Waals surface area contributed by atoms with Crippen molar-refractivity contribution in [2.24, 2.45) is 0 Å². The van der Waals surface area contributed by atoms with E-state index in [2.05, 4.69) is 10.3 Å². The Bertz CT molecular complexity index is 1150. The van der Waals surface area contributed by atoms with Gasteiger partial charge in [-0.05, 0) is 37.5 Å². The zero-order chi connectivity index (χ0) is 21.5. The van der Waals surface area contributed by atoms with E-state index in [0.29, 0.717) is 5.52 Å². The van der Waals surface area contributed by atoms with Crippen LogP contribution in [0.2, 0.25) is 0 Å². The van der Waals surface area contributed by atoms with Crippen LogP contribution in [-0.2, 0) is 27.3 Å². The summed E-state index contributed by atoms with van der Waals surface area (Å²) in [7, 11) is 0. The van der Waals surface area contributed by atoms with E-state index in [1.807, 2.05) is 37.3 Å². The second-order valence-corrected chi connectivity index (χ2v) is 7.02. The lowest BCUT2D eigenvalue weighted by molar-refractivity contribution is -0.149. The van der Waals surface area contributed by atoms with Crippen LogP contribution in [-0.4, -0.2) is 34.1 Å². The minimum absolute atomic E-state index is 0.0813. The highest BCUT2D eigenvalue weighted by atomic mass is 16.5. The van der Waals surface area contributed by atoms with Gasteiger partial charge < -0.3 is 10.1 Å². The fraction of sp³-hybridized carbons (Fsp3) is 0.273. The van der Waals surface area contributed by atoms with E-state index in [4.69, 9.17) is 4.74 Å². The largest absolute Gasteiger partial charge is 0.454 e. The first kappa shape index (κ1) is 21.0. The van der Waals surface area contributed by atoms with Crippen LogP contribution >= 0.6 is 0 Å². The number of ether oxygens (including phenoxy) is 1. The van der Waals surface area contributed by atoms with Gasteiger partial charge in [-0.2, -0.15) is 0 Å². The summed E-state index contributed by atoms with van der Waals surface area (Å²) < 4.78 is 6.11. The first-order chi connectivity index (χ1) is 14.4. The lowest BCUT2D eigenvalue weighted by Crippen LogP contribution is -2.37. The highest BCUT2D eigenvalue weighted by Gasteiger charge is 2.14. The van der Waals surface area contributed by atoms with E-state index in [1.54, 1.807) is 24.3 Å². The molecular weight excluding hydrogens is 386 g/mol. The molecule has 0 spiro atoms. The average molecular weight is 409 g/mol.